The zero-order valence-corrected chi connectivity index (χ0v) is 26.6. The van der Waals surface area contributed by atoms with Crippen LogP contribution in [0.25, 0.3) is 0 Å². The molecule has 5 rings (SSSR count). The Morgan fingerprint density at radius 2 is 1.60 bits per heavy atom. The van der Waals surface area contributed by atoms with Crippen LogP contribution in [0, 0.1) is 5.92 Å². The number of nitrogens with two attached hydrogens (primary N) is 2. The van der Waals surface area contributed by atoms with Crippen LogP contribution in [-0.2, 0) is 6.18 Å². The van der Waals surface area contributed by atoms with E-state index in [1.54, 1.807) is 0 Å². The number of piperidine rings is 2. The van der Waals surface area contributed by atoms with E-state index in [4.69, 9.17) is 11.5 Å². The molecule has 2 fully saturated rings. The highest BCUT2D eigenvalue weighted by molar-refractivity contribution is 7.99. The minimum atomic E-state index is -4.41. The molecule has 2 aromatic rings. The second-order valence-corrected chi connectivity index (χ2v) is 12.1. The molecular formula is C32H51F3N6S. The van der Waals surface area contributed by atoms with Crippen molar-refractivity contribution in [1.82, 2.24) is 4.90 Å². The summed E-state index contributed by atoms with van der Waals surface area (Å²) in [5.41, 5.74) is 14.1. The summed E-state index contributed by atoms with van der Waals surface area (Å²) in [5, 5.41) is 6.89. The van der Waals surface area contributed by atoms with Gasteiger partial charge >= 0.3 is 6.18 Å². The van der Waals surface area contributed by atoms with E-state index in [-0.39, 0.29) is 6.04 Å². The Morgan fingerprint density at radius 3 is 2.19 bits per heavy atom. The molecule has 6 N–H and O–H groups in total. The maximum absolute atomic E-state index is 13.9. The van der Waals surface area contributed by atoms with Crippen LogP contribution in [0.2, 0.25) is 0 Å². The lowest BCUT2D eigenvalue weighted by atomic mass is 9.93. The molecular weight excluding hydrogens is 557 g/mol. The normalized spacial score (nSPS) is 17.6. The summed E-state index contributed by atoms with van der Waals surface area (Å²) in [4.78, 5) is 6.24. The van der Waals surface area contributed by atoms with Crippen LogP contribution in [0.4, 0.5) is 35.9 Å². The Balaban J connectivity index is 0.000000910. The minimum Gasteiger partial charge on any atom is -0.380 e. The van der Waals surface area contributed by atoms with Crippen molar-refractivity contribution < 1.29 is 13.2 Å². The maximum Gasteiger partial charge on any atom is 0.416 e. The molecule has 10 heteroatoms. The molecule has 0 aromatic heterocycles. The first kappa shape index (κ1) is 34.4. The summed E-state index contributed by atoms with van der Waals surface area (Å²) in [6.45, 7) is 14.2. The Kier molecular flexibility index (Phi) is 13.6. The quantitative estimate of drug-likeness (QED) is 0.218. The first-order valence-electron chi connectivity index (χ1n) is 15.7. The zero-order chi connectivity index (χ0) is 30.7. The molecule has 3 aliphatic rings. The number of nitrogens with zero attached hydrogens (tertiary/aromatic N) is 2. The van der Waals surface area contributed by atoms with Gasteiger partial charge in [-0.3, -0.25) is 0 Å². The largest absolute Gasteiger partial charge is 0.416 e. The maximum atomic E-state index is 13.9. The number of fused-ring (bicyclic) bond motifs is 2. The predicted octanol–water partition coefficient (Wildman–Crippen LogP) is 7.76. The summed E-state index contributed by atoms with van der Waals surface area (Å²) in [7, 11) is 0. The highest BCUT2D eigenvalue weighted by atomic mass is 32.2. The van der Waals surface area contributed by atoms with E-state index in [1.165, 1.54) is 30.3 Å². The van der Waals surface area contributed by atoms with E-state index in [2.05, 4.69) is 52.5 Å². The standard InChI is InChI=1S/C27H37F3N6S.C3H8.C2H6/c28-27(29,30)19-15-23(33-20-6-10-35(11-7-20)14-9-32)26-25(16-19)37-24-17-21(1-2-22(24)34-26)36-12-4-18(3-8-31)5-13-36;1-3-2;1-2/h1-2,15-18,20,33-34H,3-14,31-32H2;3H2,1-2H3;1-2H3. The van der Waals surface area contributed by atoms with Crippen molar-refractivity contribution in [2.24, 2.45) is 17.4 Å². The molecule has 0 spiro atoms. The fourth-order valence-corrected chi connectivity index (χ4v) is 6.76. The lowest BCUT2D eigenvalue weighted by Crippen LogP contribution is -2.41. The first-order chi connectivity index (χ1) is 20.2. The molecule has 0 saturated carbocycles. The lowest BCUT2D eigenvalue weighted by Gasteiger charge is -2.35. The molecule has 0 radical (unpaired) electrons. The molecule has 0 aliphatic carbocycles. The number of hydrogen-bond donors (Lipinski definition) is 4. The number of benzene rings is 2. The van der Waals surface area contributed by atoms with Gasteiger partial charge in [0, 0.05) is 60.8 Å². The SMILES string of the molecule is CC.CCC.NCCC1CCN(c2ccc3c(c2)Sc2cc(C(F)(F)F)cc(NC4CCN(CCN)CC4)c2N3)CC1. The average molecular weight is 609 g/mol. The average Bonchev–Trinajstić information content (AvgIpc) is 2.98. The van der Waals surface area contributed by atoms with Crippen molar-refractivity contribution in [3.63, 3.8) is 0 Å². The van der Waals surface area contributed by atoms with Crippen LogP contribution in [0.3, 0.4) is 0 Å². The van der Waals surface area contributed by atoms with Gasteiger partial charge in [-0.05, 0) is 74.9 Å². The zero-order valence-electron chi connectivity index (χ0n) is 25.8. The number of alkyl halides is 3. The molecule has 42 heavy (non-hydrogen) atoms. The van der Waals surface area contributed by atoms with Crippen molar-refractivity contribution in [2.45, 2.75) is 88.2 Å². The van der Waals surface area contributed by atoms with Gasteiger partial charge in [0.1, 0.15) is 0 Å². The lowest BCUT2D eigenvalue weighted by molar-refractivity contribution is -0.137. The Labute approximate surface area is 255 Å². The summed E-state index contributed by atoms with van der Waals surface area (Å²) in [6, 6.07) is 8.93. The summed E-state index contributed by atoms with van der Waals surface area (Å²) in [6.07, 6.45) is 1.90. The summed E-state index contributed by atoms with van der Waals surface area (Å²) in [5.74, 6) is 0.682. The van der Waals surface area contributed by atoms with Crippen molar-refractivity contribution in [3.05, 3.63) is 35.9 Å². The number of likely N-dealkylation sites (tertiary alicyclic amines) is 1. The topological polar surface area (TPSA) is 82.6 Å². The molecule has 236 valence electrons. The molecule has 2 aromatic carbocycles. The number of anilines is 4. The van der Waals surface area contributed by atoms with Gasteiger partial charge in [0.15, 0.2) is 0 Å². The molecule has 0 amide bonds. The Hall–Kier alpha value is -2.14. The van der Waals surface area contributed by atoms with Gasteiger partial charge in [0.25, 0.3) is 0 Å². The van der Waals surface area contributed by atoms with Gasteiger partial charge in [-0.15, -0.1) is 0 Å². The van der Waals surface area contributed by atoms with Crippen LogP contribution in [0.15, 0.2) is 40.1 Å². The van der Waals surface area contributed by atoms with Gasteiger partial charge in [-0.25, -0.2) is 0 Å². The van der Waals surface area contributed by atoms with Crippen LogP contribution in [-0.4, -0.2) is 56.8 Å². The van der Waals surface area contributed by atoms with Crippen LogP contribution in [0.5, 0.6) is 0 Å². The van der Waals surface area contributed by atoms with Crippen LogP contribution >= 0.6 is 11.8 Å². The predicted molar refractivity (Wildman–Crippen MR) is 173 cm³/mol. The van der Waals surface area contributed by atoms with Crippen molar-refractivity contribution in [1.29, 1.82) is 0 Å². The van der Waals surface area contributed by atoms with E-state index in [1.807, 2.05) is 13.8 Å². The molecule has 0 bridgehead atoms. The van der Waals surface area contributed by atoms with E-state index in [0.29, 0.717) is 23.0 Å². The molecule has 0 atom stereocenters. The highest BCUT2D eigenvalue weighted by Gasteiger charge is 2.34. The van der Waals surface area contributed by atoms with E-state index in [9.17, 15) is 13.2 Å². The molecule has 3 heterocycles. The third-order valence-corrected chi connectivity index (χ3v) is 8.92. The van der Waals surface area contributed by atoms with Gasteiger partial charge in [0.2, 0.25) is 0 Å². The smallest absolute Gasteiger partial charge is 0.380 e. The molecule has 0 unspecified atom stereocenters. The van der Waals surface area contributed by atoms with Gasteiger partial charge < -0.3 is 31.9 Å². The fraction of sp³-hybridized carbons (Fsp3) is 0.625. The van der Waals surface area contributed by atoms with Crippen LogP contribution in [0.1, 0.15) is 71.8 Å². The number of nitrogens with one attached hydrogen (secondary N) is 2. The molecule has 3 aliphatic heterocycles. The van der Waals surface area contributed by atoms with E-state index < -0.39 is 11.7 Å². The Bertz CT molecular complexity index is 1100. The minimum absolute atomic E-state index is 0.124. The van der Waals surface area contributed by atoms with E-state index >= 15 is 0 Å². The van der Waals surface area contributed by atoms with E-state index in [0.717, 1.165) is 93.3 Å². The summed E-state index contributed by atoms with van der Waals surface area (Å²) >= 11 is 1.41. The number of rotatable bonds is 7. The van der Waals surface area contributed by atoms with Gasteiger partial charge in [-0.1, -0.05) is 45.9 Å². The third-order valence-electron chi connectivity index (χ3n) is 7.82. The molecule has 2 saturated heterocycles. The number of halogens is 3. The van der Waals surface area contributed by atoms with Gasteiger partial charge in [-0.2, -0.15) is 13.2 Å². The Morgan fingerprint density at radius 1 is 0.929 bits per heavy atom. The highest BCUT2D eigenvalue weighted by Crippen LogP contribution is 2.50. The molecule has 6 nitrogen and oxygen atoms in total. The van der Waals surface area contributed by atoms with Crippen LogP contribution < -0.4 is 27.0 Å². The van der Waals surface area contributed by atoms with Crippen molar-refractivity contribution in [2.75, 3.05) is 61.3 Å². The number of hydrogen-bond acceptors (Lipinski definition) is 7. The second-order valence-electron chi connectivity index (χ2n) is 11.1. The van der Waals surface area contributed by atoms with Crippen molar-refractivity contribution in [3.8, 4) is 0 Å². The first-order valence-corrected chi connectivity index (χ1v) is 16.5. The monoisotopic (exact) mass is 608 g/mol. The third kappa shape index (κ3) is 9.18. The second kappa shape index (κ2) is 16.6. The van der Waals surface area contributed by atoms with Crippen molar-refractivity contribution >= 4 is 34.5 Å². The fourth-order valence-electron chi connectivity index (χ4n) is 5.67. The van der Waals surface area contributed by atoms with Gasteiger partial charge in [0.05, 0.1) is 22.6 Å². The summed E-state index contributed by atoms with van der Waals surface area (Å²) < 4.78 is 41.6.